The molecule has 0 bridgehead atoms. The summed E-state index contributed by atoms with van der Waals surface area (Å²) in [6.45, 7) is 5.44. The largest absolute Gasteiger partial charge is 0.445 e. The average Bonchev–Trinajstić information content (AvgIpc) is 2.74. The van der Waals surface area contributed by atoms with Gasteiger partial charge in [0.05, 0.1) is 0 Å². The van der Waals surface area contributed by atoms with Gasteiger partial charge in [-0.2, -0.15) is 0 Å². The molecule has 6 heteroatoms. The third-order valence-electron chi connectivity index (χ3n) is 4.53. The van der Waals surface area contributed by atoms with Gasteiger partial charge >= 0.3 is 12.2 Å². The highest BCUT2D eigenvalue weighted by atomic mass is 16.6. The second kappa shape index (κ2) is 11.6. The first-order chi connectivity index (χ1) is 13.5. The fraction of sp³-hybridized carbons (Fsp3) is 0.364. The summed E-state index contributed by atoms with van der Waals surface area (Å²) in [6.07, 6.45) is -0.892. The highest BCUT2D eigenvalue weighted by molar-refractivity contribution is 5.67. The molecule has 28 heavy (non-hydrogen) atoms. The van der Waals surface area contributed by atoms with Crippen molar-refractivity contribution < 1.29 is 19.1 Å². The summed E-state index contributed by atoms with van der Waals surface area (Å²) >= 11 is 0. The van der Waals surface area contributed by atoms with E-state index in [1.807, 2.05) is 74.5 Å². The summed E-state index contributed by atoms with van der Waals surface area (Å²) in [5, 5.41) is 5.53. The van der Waals surface area contributed by atoms with Crippen LogP contribution in [0.25, 0.3) is 0 Å². The van der Waals surface area contributed by atoms with Crippen LogP contribution in [-0.2, 0) is 22.7 Å². The summed E-state index contributed by atoms with van der Waals surface area (Å²) < 4.78 is 10.4. The molecule has 0 fully saturated rings. The number of hydrogen-bond acceptors (Lipinski definition) is 4. The lowest BCUT2D eigenvalue weighted by Gasteiger charge is -2.20. The molecule has 2 aromatic rings. The Bertz CT molecular complexity index is 658. The minimum Gasteiger partial charge on any atom is -0.445 e. The molecule has 0 aliphatic rings. The molecule has 0 saturated carbocycles. The molecule has 2 atom stereocenters. The summed E-state index contributed by atoms with van der Waals surface area (Å²) in [7, 11) is 0. The van der Waals surface area contributed by atoms with Gasteiger partial charge in [0.1, 0.15) is 13.2 Å². The molecule has 0 saturated heterocycles. The molecule has 0 spiro atoms. The van der Waals surface area contributed by atoms with E-state index in [9.17, 15) is 9.59 Å². The van der Waals surface area contributed by atoms with Gasteiger partial charge in [-0.05, 0) is 23.0 Å². The van der Waals surface area contributed by atoms with Crippen LogP contribution >= 0.6 is 0 Å². The number of carbonyl (C=O) groups is 2. The van der Waals surface area contributed by atoms with Crippen LogP contribution in [0, 0.1) is 11.8 Å². The van der Waals surface area contributed by atoms with E-state index in [1.165, 1.54) is 0 Å². The minimum atomic E-state index is -0.446. The fourth-order valence-electron chi connectivity index (χ4n) is 2.44. The van der Waals surface area contributed by atoms with Crippen molar-refractivity contribution in [2.24, 2.45) is 11.8 Å². The molecule has 0 aromatic heterocycles. The maximum atomic E-state index is 11.8. The molecule has 0 heterocycles. The molecule has 2 aromatic carbocycles. The third kappa shape index (κ3) is 8.12. The zero-order chi connectivity index (χ0) is 20.2. The highest BCUT2D eigenvalue weighted by Crippen LogP contribution is 2.09. The van der Waals surface area contributed by atoms with Crippen molar-refractivity contribution in [1.29, 1.82) is 0 Å². The van der Waals surface area contributed by atoms with Gasteiger partial charge in [0, 0.05) is 13.1 Å². The Kier molecular flexibility index (Phi) is 8.85. The average molecular weight is 384 g/mol. The number of amides is 2. The van der Waals surface area contributed by atoms with Gasteiger partial charge in [0.25, 0.3) is 0 Å². The third-order valence-corrected chi connectivity index (χ3v) is 4.53. The van der Waals surface area contributed by atoms with Crippen LogP contribution in [0.4, 0.5) is 9.59 Å². The zero-order valence-electron chi connectivity index (χ0n) is 16.4. The Morgan fingerprint density at radius 1 is 0.714 bits per heavy atom. The number of alkyl carbamates (subject to hydrolysis) is 2. The van der Waals surface area contributed by atoms with Gasteiger partial charge in [0.15, 0.2) is 0 Å². The van der Waals surface area contributed by atoms with E-state index in [-0.39, 0.29) is 25.0 Å². The van der Waals surface area contributed by atoms with Gasteiger partial charge in [-0.25, -0.2) is 9.59 Å². The van der Waals surface area contributed by atoms with Crippen LogP contribution in [0.5, 0.6) is 0 Å². The Morgan fingerprint density at radius 3 is 1.43 bits per heavy atom. The summed E-state index contributed by atoms with van der Waals surface area (Å²) in [6, 6.07) is 19.0. The molecule has 6 nitrogen and oxygen atoms in total. The van der Waals surface area contributed by atoms with E-state index in [1.54, 1.807) is 0 Å². The second-order valence-corrected chi connectivity index (χ2v) is 6.84. The molecule has 0 aliphatic carbocycles. The van der Waals surface area contributed by atoms with Crippen molar-refractivity contribution in [3.8, 4) is 0 Å². The molecule has 2 N–H and O–H groups in total. The molecule has 0 radical (unpaired) electrons. The predicted molar refractivity (Wildman–Crippen MR) is 108 cm³/mol. The Balaban J connectivity index is 1.59. The van der Waals surface area contributed by atoms with E-state index < -0.39 is 12.2 Å². The van der Waals surface area contributed by atoms with Gasteiger partial charge < -0.3 is 20.1 Å². The molecule has 2 amide bonds. The van der Waals surface area contributed by atoms with Crippen molar-refractivity contribution in [2.45, 2.75) is 27.1 Å². The van der Waals surface area contributed by atoms with Gasteiger partial charge in [-0.1, -0.05) is 74.5 Å². The first kappa shape index (κ1) is 21.3. The maximum Gasteiger partial charge on any atom is 0.407 e. The predicted octanol–water partition coefficient (Wildman–Crippen LogP) is 4.11. The van der Waals surface area contributed by atoms with Crippen LogP contribution in [0.2, 0.25) is 0 Å². The van der Waals surface area contributed by atoms with Gasteiger partial charge in [-0.15, -0.1) is 0 Å². The van der Waals surface area contributed by atoms with Crippen molar-refractivity contribution >= 4 is 12.2 Å². The standard InChI is InChI=1S/C22H28N2O4/c1-17(13-23-21(25)27-15-19-9-5-3-6-10-19)18(2)14-24-22(26)28-16-20-11-7-4-8-12-20/h3-12,17-18H,13-16H2,1-2H3,(H,23,25)(H,24,26). The number of benzene rings is 2. The van der Waals surface area contributed by atoms with Crippen molar-refractivity contribution in [2.75, 3.05) is 13.1 Å². The van der Waals surface area contributed by atoms with Crippen LogP contribution in [-0.4, -0.2) is 25.3 Å². The number of rotatable bonds is 9. The summed E-state index contributed by atoms with van der Waals surface area (Å²) in [4.78, 5) is 23.6. The first-order valence-corrected chi connectivity index (χ1v) is 9.43. The van der Waals surface area contributed by atoms with E-state index in [4.69, 9.17) is 9.47 Å². The van der Waals surface area contributed by atoms with Crippen LogP contribution in [0.15, 0.2) is 60.7 Å². The number of nitrogens with one attached hydrogen (secondary N) is 2. The fourth-order valence-corrected chi connectivity index (χ4v) is 2.44. The van der Waals surface area contributed by atoms with E-state index in [0.717, 1.165) is 11.1 Å². The molecule has 150 valence electrons. The Morgan fingerprint density at radius 2 is 1.07 bits per heavy atom. The minimum absolute atomic E-state index is 0.165. The van der Waals surface area contributed by atoms with Crippen molar-refractivity contribution in [3.63, 3.8) is 0 Å². The second-order valence-electron chi connectivity index (χ2n) is 6.84. The Hall–Kier alpha value is -3.02. The van der Waals surface area contributed by atoms with Gasteiger partial charge in [-0.3, -0.25) is 0 Å². The summed E-state index contributed by atoms with van der Waals surface area (Å²) in [5.41, 5.74) is 1.88. The number of hydrogen-bond donors (Lipinski definition) is 2. The topological polar surface area (TPSA) is 76.7 Å². The van der Waals surface area contributed by atoms with Crippen LogP contribution < -0.4 is 10.6 Å². The smallest absolute Gasteiger partial charge is 0.407 e. The normalized spacial score (nSPS) is 12.5. The molecule has 0 aliphatic heterocycles. The van der Waals surface area contributed by atoms with E-state index >= 15 is 0 Å². The molecular formula is C22H28N2O4. The number of carbonyl (C=O) groups excluding carboxylic acids is 2. The van der Waals surface area contributed by atoms with Gasteiger partial charge in [0.2, 0.25) is 0 Å². The lowest BCUT2D eigenvalue weighted by atomic mass is 9.96. The SMILES string of the molecule is CC(CNC(=O)OCc1ccccc1)C(C)CNC(=O)OCc1ccccc1. The molecule has 2 rings (SSSR count). The monoisotopic (exact) mass is 384 g/mol. The Labute approximate surface area is 166 Å². The van der Waals surface area contributed by atoms with Crippen molar-refractivity contribution in [1.82, 2.24) is 10.6 Å². The summed E-state index contributed by atoms with van der Waals surface area (Å²) in [5.74, 6) is 0.331. The molecule has 2 unspecified atom stereocenters. The highest BCUT2D eigenvalue weighted by Gasteiger charge is 2.15. The van der Waals surface area contributed by atoms with Crippen LogP contribution in [0.3, 0.4) is 0 Å². The molecular weight excluding hydrogens is 356 g/mol. The van der Waals surface area contributed by atoms with E-state index in [2.05, 4.69) is 10.6 Å². The van der Waals surface area contributed by atoms with E-state index in [0.29, 0.717) is 13.1 Å². The van der Waals surface area contributed by atoms with Crippen molar-refractivity contribution in [3.05, 3.63) is 71.8 Å². The zero-order valence-corrected chi connectivity index (χ0v) is 16.4. The quantitative estimate of drug-likeness (QED) is 0.682. The van der Waals surface area contributed by atoms with Crippen LogP contribution in [0.1, 0.15) is 25.0 Å². The maximum absolute atomic E-state index is 11.8. The first-order valence-electron chi connectivity index (χ1n) is 9.43. The lowest BCUT2D eigenvalue weighted by molar-refractivity contribution is 0.133. The number of ether oxygens (including phenoxy) is 2. The lowest BCUT2D eigenvalue weighted by Crippen LogP contribution is -2.36.